The van der Waals surface area contributed by atoms with Gasteiger partial charge < -0.3 is 4.90 Å². The molecule has 5 heteroatoms. The predicted molar refractivity (Wildman–Crippen MR) is 85.5 cm³/mol. The second kappa shape index (κ2) is 6.30. The second-order valence-corrected chi connectivity index (χ2v) is 6.17. The number of alkyl halides is 3. The van der Waals surface area contributed by atoms with Crippen molar-refractivity contribution in [2.45, 2.75) is 38.5 Å². The van der Waals surface area contributed by atoms with E-state index in [1.165, 1.54) is 12.1 Å². The molecule has 3 rings (SSSR count). The van der Waals surface area contributed by atoms with Crippen LogP contribution in [-0.4, -0.2) is 16.8 Å². The molecule has 1 amide bonds. The van der Waals surface area contributed by atoms with Gasteiger partial charge in [-0.1, -0.05) is 30.3 Å². The van der Waals surface area contributed by atoms with E-state index in [1.807, 2.05) is 25.1 Å². The third-order valence-electron chi connectivity index (χ3n) is 4.26. The number of halogens is 3. The largest absolute Gasteiger partial charge is 0.416 e. The van der Waals surface area contributed by atoms with Gasteiger partial charge in [0.1, 0.15) is 0 Å². The summed E-state index contributed by atoms with van der Waals surface area (Å²) in [5, 5.41) is 0. The fraction of sp³-hybridized carbons (Fsp3) is 0.316. The van der Waals surface area contributed by atoms with E-state index in [-0.39, 0.29) is 11.9 Å². The minimum Gasteiger partial charge on any atom is -0.331 e. The standard InChI is InChI=1S/C19H18F3NO/c1-13-4-2-3-5-17(13)18(24)23(16-10-11-16)12-14-6-8-15(9-7-14)19(20,21)22/h2-9,16H,10-12H2,1H3. The van der Waals surface area contributed by atoms with Gasteiger partial charge in [0.15, 0.2) is 0 Å². The Morgan fingerprint density at radius 1 is 1.08 bits per heavy atom. The molecule has 0 saturated heterocycles. The third kappa shape index (κ3) is 3.61. The molecule has 0 aromatic heterocycles. The Morgan fingerprint density at radius 3 is 2.25 bits per heavy atom. The van der Waals surface area contributed by atoms with Gasteiger partial charge in [-0.3, -0.25) is 4.79 Å². The molecule has 2 nitrogen and oxygen atoms in total. The van der Waals surface area contributed by atoms with Crippen molar-refractivity contribution < 1.29 is 18.0 Å². The number of carbonyl (C=O) groups excluding carboxylic acids is 1. The average molecular weight is 333 g/mol. The maximum absolute atomic E-state index is 12.8. The maximum Gasteiger partial charge on any atom is 0.416 e. The lowest BCUT2D eigenvalue weighted by Crippen LogP contribution is -2.33. The molecule has 24 heavy (non-hydrogen) atoms. The van der Waals surface area contributed by atoms with Crippen molar-refractivity contribution in [1.29, 1.82) is 0 Å². The third-order valence-corrected chi connectivity index (χ3v) is 4.26. The molecule has 1 fully saturated rings. The fourth-order valence-electron chi connectivity index (χ4n) is 2.72. The van der Waals surface area contributed by atoms with Crippen LogP contribution >= 0.6 is 0 Å². The zero-order valence-electron chi connectivity index (χ0n) is 13.3. The molecule has 0 N–H and O–H groups in total. The van der Waals surface area contributed by atoms with Gasteiger partial charge in [0.05, 0.1) is 5.56 Å². The van der Waals surface area contributed by atoms with E-state index < -0.39 is 11.7 Å². The van der Waals surface area contributed by atoms with Crippen molar-refractivity contribution in [1.82, 2.24) is 4.90 Å². The number of hydrogen-bond acceptors (Lipinski definition) is 1. The summed E-state index contributed by atoms with van der Waals surface area (Å²) in [5.41, 5.74) is 1.59. The highest BCUT2D eigenvalue weighted by Crippen LogP contribution is 2.32. The molecule has 2 aromatic carbocycles. The van der Waals surface area contributed by atoms with Gasteiger partial charge in [-0.2, -0.15) is 13.2 Å². The van der Waals surface area contributed by atoms with Crippen molar-refractivity contribution in [3.05, 3.63) is 70.8 Å². The summed E-state index contributed by atoms with van der Waals surface area (Å²) in [5.74, 6) is -0.0597. The van der Waals surface area contributed by atoms with E-state index in [2.05, 4.69) is 0 Å². The van der Waals surface area contributed by atoms with Crippen molar-refractivity contribution in [2.24, 2.45) is 0 Å². The smallest absolute Gasteiger partial charge is 0.331 e. The van der Waals surface area contributed by atoms with Gasteiger partial charge >= 0.3 is 6.18 Å². The van der Waals surface area contributed by atoms with Gasteiger partial charge in [0.25, 0.3) is 5.91 Å². The molecule has 1 saturated carbocycles. The molecule has 2 aromatic rings. The molecule has 0 atom stereocenters. The number of benzene rings is 2. The van der Waals surface area contributed by atoms with E-state index in [1.54, 1.807) is 11.0 Å². The van der Waals surface area contributed by atoms with Gasteiger partial charge in [-0.15, -0.1) is 0 Å². The van der Waals surface area contributed by atoms with Crippen LogP contribution < -0.4 is 0 Å². The molecule has 1 aliphatic carbocycles. The first-order valence-corrected chi connectivity index (χ1v) is 7.89. The predicted octanol–water partition coefficient (Wildman–Crippen LogP) is 4.82. The van der Waals surface area contributed by atoms with E-state index >= 15 is 0 Å². The van der Waals surface area contributed by atoms with E-state index in [4.69, 9.17) is 0 Å². The van der Waals surface area contributed by atoms with Crippen LogP contribution in [0.3, 0.4) is 0 Å². The highest BCUT2D eigenvalue weighted by Gasteiger charge is 2.34. The van der Waals surface area contributed by atoms with Crippen LogP contribution in [0.15, 0.2) is 48.5 Å². The minimum absolute atomic E-state index is 0.0597. The van der Waals surface area contributed by atoms with Gasteiger partial charge in [-0.25, -0.2) is 0 Å². The van der Waals surface area contributed by atoms with E-state index in [0.717, 1.165) is 30.5 Å². The van der Waals surface area contributed by atoms with Gasteiger partial charge in [0, 0.05) is 18.2 Å². The van der Waals surface area contributed by atoms with Crippen molar-refractivity contribution in [3.8, 4) is 0 Å². The molecular weight excluding hydrogens is 315 g/mol. The molecule has 1 aliphatic rings. The summed E-state index contributed by atoms with van der Waals surface area (Å²) in [7, 11) is 0. The quantitative estimate of drug-likeness (QED) is 0.785. The zero-order valence-corrected chi connectivity index (χ0v) is 13.3. The first kappa shape index (κ1) is 16.6. The van der Waals surface area contributed by atoms with E-state index in [9.17, 15) is 18.0 Å². The number of nitrogens with zero attached hydrogens (tertiary/aromatic N) is 1. The Bertz CT molecular complexity index is 733. The SMILES string of the molecule is Cc1ccccc1C(=O)N(Cc1ccc(C(F)(F)F)cc1)C1CC1. The number of rotatable bonds is 4. The summed E-state index contributed by atoms with van der Waals surface area (Å²) in [6.07, 6.45) is -2.46. The Balaban J connectivity index is 1.80. The van der Waals surface area contributed by atoms with Gasteiger partial charge in [-0.05, 0) is 49.1 Å². The monoisotopic (exact) mass is 333 g/mol. The molecule has 0 unspecified atom stereocenters. The summed E-state index contributed by atoms with van der Waals surface area (Å²) >= 11 is 0. The van der Waals surface area contributed by atoms with Crippen LogP contribution in [0.25, 0.3) is 0 Å². The Kier molecular flexibility index (Phi) is 4.35. The van der Waals surface area contributed by atoms with E-state index in [0.29, 0.717) is 17.7 Å². The molecule has 0 radical (unpaired) electrons. The number of hydrogen-bond donors (Lipinski definition) is 0. The summed E-state index contributed by atoms with van der Waals surface area (Å²) in [6, 6.07) is 12.6. The van der Waals surface area contributed by atoms with Crippen molar-refractivity contribution in [3.63, 3.8) is 0 Å². The maximum atomic E-state index is 12.8. The highest BCUT2D eigenvalue weighted by molar-refractivity contribution is 5.96. The first-order valence-electron chi connectivity index (χ1n) is 7.89. The molecule has 0 spiro atoms. The molecule has 0 aliphatic heterocycles. The number of carbonyl (C=O) groups is 1. The first-order chi connectivity index (χ1) is 11.4. The summed E-state index contributed by atoms with van der Waals surface area (Å²) in [4.78, 5) is 14.6. The molecule has 0 heterocycles. The van der Waals surface area contributed by atoms with Crippen molar-refractivity contribution in [2.75, 3.05) is 0 Å². The van der Waals surface area contributed by atoms with Crippen LogP contribution in [0.1, 0.15) is 39.9 Å². The van der Waals surface area contributed by atoms with Crippen LogP contribution in [-0.2, 0) is 12.7 Å². The topological polar surface area (TPSA) is 20.3 Å². The summed E-state index contributed by atoms with van der Waals surface area (Å²) in [6.45, 7) is 2.21. The number of amides is 1. The lowest BCUT2D eigenvalue weighted by atomic mass is 10.1. The normalized spacial score (nSPS) is 14.5. The van der Waals surface area contributed by atoms with Crippen LogP contribution in [0.2, 0.25) is 0 Å². The van der Waals surface area contributed by atoms with Crippen LogP contribution in [0.4, 0.5) is 13.2 Å². The lowest BCUT2D eigenvalue weighted by molar-refractivity contribution is -0.137. The molecular formula is C19H18F3NO. The number of aryl methyl sites for hydroxylation is 1. The second-order valence-electron chi connectivity index (χ2n) is 6.17. The van der Waals surface area contributed by atoms with Crippen molar-refractivity contribution >= 4 is 5.91 Å². The summed E-state index contributed by atoms with van der Waals surface area (Å²) < 4.78 is 37.9. The lowest BCUT2D eigenvalue weighted by Gasteiger charge is -2.23. The highest BCUT2D eigenvalue weighted by atomic mass is 19.4. The Morgan fingerprint density at radius 2 is 1.71 bits per heavy atom. The van der Waals surface area contributed by atoms with Crippen LogP contribution in [0, 0.1) is 6.92 Å². The fourth-order valence-corrected chi connectivity index (χ4v) is 2.72. The Hall–Kier alpha value is -2.30. The molecule has 126 valence electrons. The average Bonchev–Trinajstić information content (AvgIpc) is 3.37. The zero-order chi connectivity index (χ0) is 17.3. The molecule has 0 bridgehead atoms. The minimum atomic E-state index is -4.34. The van der Waals surface area contributed by atoms with Crippen LogP contribution in [0.5, 0.6) is 0 Å². The Labute approximate surface area is 138 Å². The van der Waals surface area contributed by atoms with Gasteiger partial charge in [0.2, 0.25) is 0 Å².